The van der Waals surface area contributed by atoms with E-state index in [0.717, 1.165) is 6.42 Å². The zero-order valence-corrected chi connectivity index (χ0v) is 7.68. The van der Waals surface area contributed by atoms with Crippen molar-refractivity contribution in [1.29, 1.82) is 0 Å². The van der Waals surface area contributed by atoms with Crippen LogP contribution in [0.4, 0.5) is 0 Å². The predicted molar refractivity (Wildman–Crippen MR) is 45.3 cm³/mol. The molecule has 0 aromatic rings. The fourth-order valence-corrected chi connectivity index (χ4v) is 1.60. The molecule has 3 atom stereocenters. The van der Waals surface area contributed by atoms with E-state index in [1.165, 1.54) is 0 Å². The monoisotopic (exact) mass is 198 g/mol. The van der Waals surface area contributed by atoms with Crippen LogP contribution in [-0.2, 0) is 4.74 Å². The van der Waals surface area contributed by atoms with Crippen molar-refractivity contribution in [3.8, 4) is 0 Å². The average Bonchev–Trinajstić information content (AvgIpc) is 2.37. The van der Waals surface area contributed by atoms with Crippen molar-refractivity contribution in [2.24, 2.45) is 0 Å². The van der Waals surface area contributed by atoms with Gasteiger partial charge < -0.3 is 9.84 Å². The Balaban J connectivity index is 2.24. The molecule has 1 aliphatic rings. The van der Waals surface area contributed by atoms with Crippen LogP contribution < -0.4 is 0 Å². The van der Waals surface area contributed by atoms with Gasteiger partial charge in [0.2, 0.25) is 0 Å². The van der Waals surface area contributed by atoms with Crippen LogP contribution in [0.3, 0.4) is 0 Å². The molecular weight excluding hydrogens is 187 g/mol. The van der Waals surface area contributed by atoms with E-state index in [2.05, 4.69) is 0 Å². The highest BCUT2D eigenvalue weighted by molar-refractivity contribution is 6.22. The Morgan fingerprint density at radius 3 is 2.82 bits per heavy atom. The average molecular weight is 199 g/mol. The van der Waals surface area contributed by atoms with E-state index in [4.69, 9.17) is 33.0 Å². The molecule has 1 fully saturated rings. The molecule has 3 unspecified atom stereocenters. The number of hydrogen-bond donors (Lipinski definition) is 1. The molecule has 0 aromatic heterocycles. The van der Waals surface area contributed by atoms with E-state index in [-0.39, 0.29) is 23.5 Å². The van der Waals surface area contributed by atoms with Gasteiger partial charge in [-0.05, 0) is 12.8 Å². The largest absolute Gasteiger partial charge is 0.395 e. The van der Waals surface area contributed by atoms with Crippen LogP contribution in [0.5, 0.6) is 0 Å². The summed E-state index contributed by atoms with van der Waals surface area (Å²) >= 11 is 11.6. The predicted octanol–water partition coefficient (Wildman–Crippen LogP) is 1.37. The highest BCUT2D eigenvalue weighted by Gasteiger charge is 2.27. The van der Waals surface area contributed by atoms with Crippen LogP contribution in [0.2, 0.25) is 0 Å². The Labute approximate surface area is 76.4 Å². The lowest BCUT2D eigenvalue weighted by atomic mass is 10.1. The highest BCUT2D eigenvalue weighted by Crippen LogP contribution is 2.24. The fourth-order valence-electron chi connectivity index (χ4n) is 1.16. The molecule has 66 valence electrons. The first-order valence-electron chi connectivity index (χ1n) is 3.74. The molecular formula is C7H12Cl2O2. The van der Waals surface area contributed by atoms with Gasteiger partial charge in [-0.1, -0.05) is 0 Å². The summed E-state index contributed by atoms with van der Waals surface area (Å²) in [6.45, 7) is 0.707. The number of alkyl halides is 2. The van der Waals surface area contributed by atoms with Crippen molar-refractivity contribution >= 4 is 23.2 Å². The SMILES string of the molecule is OCC(Cl)CC1OCCC1Cl. The van der Waals surface area contributed by atoms with E-state index in [9.17, 15) is 0 Å². The van der Waals surface area contributed by atoms with E-state index >= 15 is 0 Å². The fraction of sp³-hybridized carbons (Fsp3) is 1.00. The number of aliphatic hydroxyl groups excluding tert-OH is 1. The summed E-state index contributed by atoms with van der Waals surface area (Å²) in [5.41, 5.74) is 0. The summed E-state index contributed by atoms with van der Waals surface area (Å²) in [5.74, 6) is 0. The van der Waals surface area contributed by atoms with Gasteiger partial charge >= 0.3 is 0 Å². The van der Waals surface area contributed by atoms with Gasteiger partial charge in [0.05, 0.1) is 23.5 Å². The minimum Gasteiger partial charge on any atom is -0.395 e. The van der Waals surface area contributed by atoms with Gasteiger partial charge in [0.1, 0.15) is 0 Å². The van der Waals surface area contributed by atoms with Gasteiger partial charge in [0, 0.05) is 6.61 Å². The first-order chi connectivity index (χ1) is 5.24. The van der Waals surface area contributed by atoms with E-state index in [1.54, 1.807) is 0 Å². The van der Waals surface area contributed by atoms with Crippen LogP contribution in [0.25, 0.3) is 0 Å². The smallest absolute Gasteiger partial charge is 0.0754 e. The maximum Gasteiger partial charge on any atom is 0.0754 e. The van der Waals surface area contributed by atoms with Gasteiger partial charge in [-0.3, -0.25) is 0 Å². The molecule has 4 heteroatoms. The molecule has 0 bridgehead atoms. The first-order valence-corrected chi connectivity index (χ1v) is 4.62. The molecule has 0 radical (unpaired) electrons. The number of aliphatic hydroxyl groups is 1. The standard InChI is InChI=1S/C7H12Cl2O2/c8-5(4-10)3-7-6(9)1-2-11-7/h5-7,10H,1-4H2. The molecule has 0 spiro atoms. The molecule has 0 amide bonds. The Bertz CT molecular complexity index is 121. The molecule has 0 aliphatic carbocycles. The number of ether oxygens (including phenoxy) is 1. The second kappa shape index (κ2) is 4.51. The highest BCUT2D eigenvalue weighted by atomic mass is 35.5. The molecule has 1 rings (SSSR count). The molecule has 0 saturated carbocycles. The van der Waals surface area contributed by atoms with Crippen LogP contribution in [-0.4, -0.2) is 35.2 Å². The molecule has 1 N–H and O–H groups in total. The number of hydrogen-bond acceptors (Lipinski definition) is 2. The number of halogens is 2. The Morgan fingerprint density at radius 1 is 1.64 bits per heavy atom. The lowest BCUT2D eigenvalue weighted by molar-refractivity contribution is 0.0993. The summed E-state index contributed by atoms with van der Waals surface area (Å²) in [5, 5.41) is 8.50. The van der Waals surface area contributed by atoms with E-state index in [1.807, 2.05) is 0 Å². The Kier molecular flexibility index (Phi) is 3.93. The van der Waals surface area contributed by atoms with Gasteiger partial charge in [0.15, 0.2) is 0 Å². The zero-order valence-electron chi connectivity index (χ0n) is 6.17. The Morgan fingerprint density at radius 2 is 2.36 bits per heavy atom. The van der Waals surface area contributed by atoms with Crippen LogP contribution in [0, 0.1) is 0 Å². The van der Waals surface area contributed by atoms with Gasteiger partial charge in [0.25, 0.3) is 0 Å². The third-order valence-corrected chi connectivity index (χ3v) is 2.63. The molecule has 1 heterocycles. The topological polar surface area (TPSA) is 29.5 Å². The second-order valence-electron chi connectivity index (χ2n) is 2.73. The molecule has 1 aliphatic heterocycles. The summed E-state index contributed by atoms with van der Waals surface area (Å²) in [6, 6.07) is 0. The first kappa shape index (κ1) is 9.59. The van der Waals surface area contributed by atoms with Gasteiger partial charge in [-0.25, -0.2) is 0 Å². The minimum absolute atomic E-state index is 0.00890. The summed E-state index contributed by atoms with van der Waals surface area (Å²) < 4.78 is 5.31. The Hall–Kier alpha value is 0.500. The van der Waals surface area contributed by atoms with Crippen LogP contribution in [0.1, 0.15) is 12.8 Å². The maximum absolute atomic E-state index is 8.65. The third kappa shape index (κ3) is 2.79. The summed E-state index contributed by atoms with van der Waals surface area (Å²) in [7, 11) is 0. The number of rotatable bonds is 3. The van der Waals surface area contributed by atoms with Crippen molar-refractivity contribution in [3.05, 3.63) is 0 Å². The zero-order chi connectivity index (χ0) is 8.27. The van der Waals surface area contributed by atoms with Crippen molar-refractivity contribution in [2.75, 3.05) is 13.2 Å². The summed E-state index contributed by atoms with van der Waals surface area (Å²) in [6.07, 6.45) is 1.57. The van der Waals surface area contributed by atoms with Crippen molar-refractivity contribution in [2.45, 2.75) is 29.7 Å². The van der Waals surface area contributed by atoms with Gasteiger partial charge in [-0.15, -0.1) is 23.2 Å². The van der Waals surface area contributed by atoms with Crippen LogP contribution >= 0.6 is 23.2 Å². The van der Waals surface area contributed by atoms with Crippen LogP contribution in [0.15, 0.2) is 0 Å². The molecule has 2 nitrogen and oxygen atoms in total. The molecule has 1 saturated heterocycles. The summed E-state index contributed by atoms with van der Waals surface area (Å²) in [4.78, 5) is 0. The molecule has 11 heavy (non-hydrogen) atoms. The van der Waals surface area contributed by atoms with Crippen molar-refractivity contribution in [1.82, 2.24) is 0 Å². The van der Waals surface area contributed by atoms with Crippen molar-refractivity contribution in [3.63, 3.8) is 0 Å². The maximum atomic E-state index is 8.65. The lowest BCUT2D eigenvalue weighted by Gasteiger charge is -2.14. The minimum atomic E-state index is -0.223. The van der Waals surface area contributed by atoms with E-state index in [0.29, 0.717) is 13.0 Å². The lowest BCUT2D eigenvalue weighted by Crippen LogP contribution is -2.22. The van der Waals surface area contributed by atoms with E-state index < -0.39 is 0 Å². The molecule has 0 aromatic carbocycles. The van der Waals surface area contributed by atoms with Gasteiger partial charge in [-0.2, -0.15) is 0 Å². The van der Waals surface area contributed by atoms with Crippen molar-refractivity contribution < 1.29 is 9.84 Å². The normalized spacial score (nSPS) is 34.1. The third-order valence-electron chi connectivity index (χ3n) is 1.82. The quantitative estimate of drug-likeness (QED) is 0.695. The second-order valence-corrected chi connectivity index (χ2v) is 3.91.